The first-order valence-electron chi connectivity index (χ1n) is 5.62. The van der Waals surface area contributed by atoms with Gasteiger partial charge < -0.3 is 10.3 Å². The molecule has 0 bridgehead atoms. The molecule has 0 saturated carbocycles. The van der Waals surface area contributed by atoms with Gasteiger partial charge in [-0.3, -0.25) is 0 Å². The lowest BCUT2D eigenvalue weighted by Gasteiger charge is -2.12. The molecule has 0 spiro atoms. The van der Waals surface area contributed by atoms with E-state index in [-0.39, 0.29) is 6.04 Å². The number of rotatable bonds is 4. The van der Waals surface area contributed by atoms with Crippen LogP contribution in [0.3, 0.4) is 0 Å². The van der Waals surface area contributed by atoms with Crippen molar-refractivity contribution < 1.29 is 0 Å². The fraction of sp³-hybridized carbons (Fsp3) is 0.308. The minimum Gasteiger partial charge on any atom is -0.338 e. The molecule has 0 saturated heterocycles. The molecule has 1 atom stereocenters. The van der Waals surface area contributed by atoms with Crippen molar-refractivity contribution in [3.63, 3.8) is 0 Å². The normalized spacial score (nSPS) is 12.6. The van der Waals surface area contributed by atoms with Gasteiger partial charge in [0.15, 0.2) is 0 Å². The predicted molar refractivity (Wildman–Crippen MR) is 70.0 cm³/mol. The van der Waals surface area contributed by atoms with Crippen LogP contribution in [0.5, 0.6) is 0 Å². The topological polar surface area (TPSA) is 43.8 Å². The molecule has 4 heteroatoms. The molecule has 1 heterocycles. The number of halogens is 1. The van der Waals surface area contributed by atoms with Crippen molar-refractivity contribution in [2.24, 2.45) is 12.8 Å². The van der Waals surface area contributed by atoms with E-state index in [4.69, 9.17) is 17.3 Å². The Morgan fingerprint density at radius 1 is 1.35 bits per heavy atom. The number of aryl methyl sites for hydroxylation is 1. The molecule has 0 aliphatic rings. The van der Waals surface area contributed by atoms with Crippen molar-refractivity contribution in [1.29, 1.82) is 0 Å². The monoisotopic (exact) mass is 249 g/mol. The van der Waals surface area contributed by atoms with E-state index in [1.165, 1.54) is 0 Å². The van der Waals surface area contributed by atoms with Crippen LogP contribution < -0.4 is 5.73 Å². The quantitative estimate of drug-likeness (QED) is 0.903. The van der Waals surface area contributed by atoms with E-state index in [9.17, 15) is 0 Å². The van der Waals surface area contributed by atoms with Crippen LogP contribution in [-0.4, -0.2) is 15.6 Å². The van der Waals surface area contributed by atoms with Gasteiger partial charge in [0, 0.05) is 36.9 Å². The zero-order valence-corrected chi connectivity index (χ0v) is 10.6. The van der Waals surface area contributed by atoms with Crippen molar-refractivity contribution >= 4 is 11.6 Å². The second kappa shape index (κ2) is 5.34. The van der Waals surface area contributed by atoms with Crippen molar-refractivity contribution in [2.75, 3.05) is 0 Å². The largest absolute Gasteiger partial charge is 0.338 e. The number of hydrogen-bond acceptors (Lipinski definition) is 2. The molecule has 0 fully saturated rings. The Morgan fingerprint density at radius 3 is 2.76 bits per heavy atom. The lowest BCUT2D eigenvalue weighted by atomic mass is 10.0. The van der Waals surface area contributed by atoms with Crippen LogP contribution in [0.25, 0.3) is 0 Å². The van der Waals surface area contributed by atoms with Crippen molar-refractivity contribution in [3.05, 3.63) is 53.1 Å². The Labute approximate surface area is 106 Å². The van der Waals surface area contributed by atoms with Gasteiger partial charge in [0.05, 0.1) is 0 Å². The second-order valence-electron chi connectivity index (χ2n) is 4.21. The second-order valence-corrected chi connectivity index (χ2v) is 4.62. The summed E-state index contributed by atoms with van der Waals surface area (Å²) in [4.78, 5) is 4.27. The van der Waals surface area contributed by atoms with E-state index in [2.05, 4.69) is 4.98 Å². The summed E-state index contributed by atoms with van der Waals surface area (Å²) in [5, 5.41) is 0.780. The Bertz CT molecular complexity index is 493. The summed E-state index contributed by atoms with van der Waals surface area (Å²) in [7, 11) is 1.98. The molecule has 0 amide bonds. The molecule has 2 rings (SSSR count). The predicted octanol–water partition coefficient (Wildman–Crippen LogP) is 2.19. The molecule has 1 aromatic carbocycles. The highest BCUT2D eigenvalue weighted by Gasteiger charge is 2.10. The molecular weight excluding hydrogens is 234 g/mol. The van der Waals surface area contributed by atoms with Gasteiger partial charge in [0.1, 0.15) is 5.82 Å². The van der Waals surface area contributed by atoms with E-state index >= 15 is 0 Å². The molecule has 2 N–H and O–H groups in total. The van der Waals surface area contributed by atoms with E-state index in [0.717, 1.165) is 29.3 Å². The fourth-order valence-corrected chi connectivity index (χ4v) is 2.06. The Hall–Kier alpha value is -1.32. The Morgan fingerprint density at radius 2 is 2.12 bits per heavy atom. The minimum absolute atomic E-state index is 0.0380. The zero-order valence-electron chi connectivity index (χ0n) is 9.81. The molecule has 1 aromatic heterocycles. The number of nitrogens with zero attached hydrogens (tertiary/aromatic N) is 2. The van der Waals surface area contributed by atoms with Crippen molar-refractivity contribution in [2.45, 2.75) is 18.9 Å². The number of hydrogen-bond donors (Lipinski definition) is 1. The maximum absolute atomic E-state index is 6.12. The summed E-state index contributed by atoms with van der Waals surface area (Å²) >= 11 is 6.11. The highest BCUT2D eigenvalue weighted by Crippen LogP contribution is 2.17. The van der Waals surface area contributed by atoms with Crippen LogP contribution in [-0.2, 0) is 19.9 Å². The first-order chi connectivity index (χ1) is 8.16. The molecular formula is C13H16ClN3. The summed E-state index contributed by atoms with van der Waals surface area (Å²) in [6.07, 6.45) is 5.25. The average Bonchev–Trinajstić information content (AvgIpc) is 2.68. The number of benzene rings is 1. The molecule has 1 unspecified atom stereocenters. The van der Waals surface area contributed by atoms with Crippen LogP contribution in [0.1, 0.15) is 11.4 Å². The number of aromatic nitrogens is 2. The summed E-state index contributed by atoms with van der Waals surface area (Å²) < 4.78 is 1.99. The molecule has 0 radical (unpaired) electrons. The highest BCUT2D eigenvalue weighted by atomic mass is 35.5. The van der Waals surface area contributed by atoms with Gasteiger partial charge in [-0.1, -0.05) is 29.8 Å². The summed E-state index contributed by atoms with van der Waals surface area (Å²) in [5.74, 6) is 1.00. The van der Waals surface area contributed by atoms with E-state index < -0.39 is 0 Å². The average molecular weight is 250 g/mol. The summed E-state index contributed by atoms with van der Waals surface area (Å²) in [6, 6.07) is 7.85. The van der Waals surface area contributed by atoms with Gasteiger partial charge in [0.2, 0.25) is 0 Å². The van der Waals surface area contributed by atoms with Crippen LogP contribution in [0.15, 0.2) is 36.7 Å². The molecule has 3 nitrogen and oxygen atoms in total. The van der Waals surface area contributed by atoms with Crippen molar-refractivity contribution in [3.8, 4) is 0 Å². The maximum Gasteiger partial charge on any atom is 0.109 e. The minimum atomic E-state index is 0.0380. The van der Waals surface area contributed by atoms with Crippen LogP contribution in [0.4, 0.5) is 0 Å². The molecule has 17 heavy (non-hydrogen) atoms. The van der Waals surface area contributed by atoms with Gasteiger partial charge in [-0.05, 0) is 18.1 Å². The third-order valence-electron chi connectivity index (χ3n) is 2.81. The SMILES string of the molecule is Cn1ccnc1CC(N)Cc1ccccc1Cl. The fourth-order valence-electron chi connectivity index (χ4n) is 1.85. The van der Waals surface area contributed by atoms with Crippen LogP contribution in [0.2, 0.25) is 5.02 Å². The summed E-state index contributed by atoms with van der Waals surface area (Å²) in [6.45, 7) is 0. The molecule has 0 aliphatic carbocycles. The Kier molecular flexibility index (Phi) is 3.82. The number of imidazole rings is 1. The highest BCUT2D eigenvalue weighted by molar-refractivity contribution is 6.31. The molecule has 90 valence electrons. The third-order valence-corrected chi connectivity index (χ3v) is 3.17. The summed E-state index contributed by atoms with van der Waals surface area (Å²) in [5.41, 5.74) is 7.22. The van der Waals surface area contributed by atoms with E-state index in [0.29, 0.717) is 0 Å². The smallest absolute Gasteiger partial charge is 0.109 e. The van der Waals surface area contributed by atoms with Gasteiger partial charge in [-0.15, -0.1) is 0 Å². The van der Waals surface area contributed by atoms with Crippen LogP contribution in [0, 0.1) is 0 Å². The number of nitrogens with two attached hydrogens (primary N) is 1. The van der Waals surface area contributed by atoms with Gasteiger partial charge in [-0.2, -0.15) is 0 Å². The maximum atomic E-state index is 6.12. The lowest BCUT2D eigenvalue weighted by Crippen LogP contribution is -2.27. The molecule has 0 aliphatic heterocycles. The van der Waals surface area contributed by atoms with Gasteiger partial charge in [0.25, 0.3) is 0 Å². The lowest BCUT2D eigenvalue weighted by molar-refractivity contribution is 0.622. The van der Waals surface area contributed by atoms with Crippen LogP contribution >= 0.6 is 11.6 Å². The molecule has 2 aromatic rings. The third kappa shape index (κ3) is 3.08. The van der Waals surface area contributed by atoms with Crippen molar-refractivity contribution in [1.82, 2.24) is 9.55 Å². The first kappa shape index (κ1) is 12.1. The van der Waals surface area contributed by atoms with Gasteiger partial charge in [-0.25, -0.2) is 4.98 Å². The van der Waals surface area contributed by atoms with E-state index in [1.807, 2.05) is 42.1 Å². The standard InChI is InChI=1S/C13H16ClN3/c1-17-7-6-16-13(17)9-11(15)8-10-4-2-3-5-12(10)14/h2-7,11H,8-9,15H2,1H3. The van der Waals surface area contributed by atoms with Gasteiger partial charge >= 0.3 is 0 Å². The zero-order chi connectivity index (χ0) is 12.3. The Balaban J connectivity index is 2.01. The van der Waals surface area contributed by atoms with E-state index in [1.54, 1.807) is 6.20 Å². The first-order valence-corrected chi connectivity index (χ1v) is 6.00.